The van der Waals surface area contributed by atoms with E-state index in [2.05, 4.69) is 10.3 Å². The van der Waals surface area contributed by atoms with E-state index in [1.165, 1.54) is 6.07 Å². The lowest BCUT2D eigenvalue weighted by atomic mass is 10.2. The van der Waals surface area contributed by atoms with Gasteiger partial charge in [-0.3, -0.25) is 9.78 Å². The van der Waals surface area contributed by atoms with Crippen molar-refractivity contribution < 1.29 is 13.9 Å². The van der Waals surface area contributed by atoms with Crippen LogP contribution in [0.3, 0.4) is 0 Å². The summed E-state index contributed by atoms with van der Waals surface area (Å²) in [5.41, 5.74) is 1.69. The largest absolute Gasteiger partial charge is 0.381 e. The molecule has 1 N–H and O–H groups in total. The highest BCUT2D eigenvalue weighted by Gasteiger charge is 2.19. The van der Waals surface area contributed by atoms with Gasteiger partial charge in [0, 0.05) is 37.1 Å². The molecule has 1 saturated heterocycles. The topological polar surface area (TPSA) is 54.5 Å². The number of pyridine rings is 1. The molecule has 2 heterocycles. The second-order valence-electron chi connectivity index (χ2n) is 5.28. The molecule has 23 heavy (non-hydrogen) atoms. The van der Waals surface area contributed by atoms with Crippen molar-refractivity contribution in [1.82, 2.24) is 9.88 Å². The van der Waals surface area contributed by atoms with Crippen molar-refractivity contribution in [1.29, 1.82) is 0 Å². The van der Waals surface area contributed by atoms with Gasteiger partial charge in [0.2, 0.25) is 0 Å². The number of morpholine rings is 1. The van der Waals surface area contributed by atoms with Crippen molar-refractivity contribution in [3.63, 3.8) is 0 Å². The molecule has 120 valence electrons. The van der Waals surface area contributed by atoms with Crippen LogP contribution in [0.2, 0.25) is 0 Å². The number of ether oxygens (including phenoxy) is 1. The fourth-order valence-electron chi connectivity index (χ4n) is 2.42. The van der Waals surface area contributed by atoms with E-state index in [-0.39, 0.29) is 11.7 Å². The van der Waals surface area contributed by atoms with Crippen LogP contribution in [0.5, 0.6) is 0 Å². The average Bonchev–Trinajstić information content (AvgIpc) is 2.61. The minimum atomic E-state index is -0.251. The van der Waals surface area contributed by atoms with Gasteiger partial charge in [-0.1, -0.05) is 18.2 Å². The molecule has 1 amide bonds. The Labute approximate surface area is 134 Å². The summed E-state index contributed by atoms with van der Waals surface area (Å²) in [4.78, 5) is 18.3. The SMILES string of the molecule is O=C(c1cc(NCc2ccccc2F)ccn1)N1CCOCC1. The van der Waals surface area contributed by atoms with E-state index < -0.39 is 0 Å². The van der Waals surface area contributed by atoms with Crippen LogP contribution in [0.4, 0.5) is 10.1 Å². The highest BCUT2D eigenvalue weighted by molar-refractivity contribution is 5.93. The second-order valence-corrected chi connectivity index (χ2v) is 5.28. The van der Waals surface area contributed by atoms with Crippen molar-refractivity contribution in [2.24, 2.45) is 0 Å². The molecule has 0 saturated carbocycles. The van der Waals surface area contributed by atoms with Gasteiger partial charge in [0.05, 0.1) is 13.2 Å². The predicted octanol–water partition coefficient (Wildman–Crippen LogP) is 2.31. The first-order chi connectivity index (χ1) is 11.2. The van der Waals surface area contributed by atoms with Crippen molar-refractivity contribution in [3.8, 4) is 0 Å². The Bertz CT molecular complexity index is 687. The Balaban J connectivity index is 1.67. The van der Waals surface area contributed by atoms with Gasteiger partial charge >= 0.3 is 0 Å². The third kappa shape index (κ3) is 3.84. The van der Waals surface area contributed by atoms with Gasteiger partial charge in [-0.05, 0) is 18.2 Å². The summed E-state index contributed by atoms with van der Waals surface area (Å²) < 4.78 is 18.9. The fourth-order valence-corrected chi connectivity index (χ4v) is 2.42. The number of carbonyl (C=O) groups excluding carboxylic acids is 1. The van der Waals surface area contributed by atoms with Crippen molar-refractivity contribution >= 4 is 11.6 Å². The van der Waals surface area contributed by atoms with E-state index in [1.54, 1.807) is 41.4 Å². The molecule has 0 spiro atoms. The van der Waals surface area contributed by atoms with Crippen LogP contribution in [-0.4, -0.2) is 42.1 Å². The third-order valence-electron chi connectivity index (χ3n) is 3.72. The molecule has 0 aliphatic carbocycles. The maximum atomic E-state index is 13.6. The molecule has 5 nitrogen and oxygen atoms in total. The molecule has 6 heteroatoms. The molecule has 2 aromatic rings. The van der Waals surface area contributed by atoms with Gasteiger partial charge in [-0.15, -0.1) is 0 Å². The summed E-state index contributed by atoms with van der Waals surface area (Å²) >= 11 is 0. The molecular formula is C17H18FN3O2. The molecule has 1 aliphatic heterocycles. The molecular weight excluding hydrogens is 297 g/mol. The van der Waals surface area contributed by atoms with Crippen LogP contribution < -0.4 is 5.32 Å². The van der Waals surface area contributed by atoms with E-state index >= 15 is 0 Å². The molecule has 0 atom stereocenters. The Kier molecular flexibility index (Phi) is 4.83. The van der Waals surface area contributed by atoms with Crippen LogP contribution >= 0.6 is 0 Å². The first-order valence-corrected chi connectivity index (χ1v) is 7.54. The summed E-state index contributed by atoms with van der Waals surface area (Å²) in [5, 5.41) is 3.12. The van der Waals surface area contributed by atoms with Crippen molar-refractivity contribution in [2.75, 3.05) is 31.6 Å². The number of nitrogens with one attached hydrogen (secondary N) is 1. The molecule has 1 aromatic heterocycles. The number of benzene rings is 1. The second kappa shape index (κ2) is 7.19. The minimum absolute atomic E-state index is 0.108. The number of amides is 1. The highest BCUT2D eigenvalue weighted by atomic mass is 19.1. The van der Waals surface area contributed by atoms with Gasteiger partial charge in [0.1, 0.15) is 11.5 Å². The first-order valence-electron chi connectivity index (χ1n) is 7.54. The number of anilines is 1. The summed E-state index contributed by atoms with van der Waals surface area (Å²) in [7, 11) is 0. The molecule has 0 bridgehead atoms. The van der Waals surface area contributed by atoms with Crippen molar-refractivity contribution in [2.45, 2.75) is 6.54 Å². The molecule has 3 rings (SSSR count). The zero-order chi connectivity index (χ0) is 16.1. The van der Waals surface area contributed by atoms with Gasteiger partial charge in [-0.2, -0.15) is 0 Å². The first kappa shape index (κ1) is 15.4. The average molecular weight is 315 g/mol. The van der Waals surface area contributed by atoms with E-state index in [0.29, 0.717) is 44.1 Å². The van der Waals surface area contributed by atoms with E-state index in [1.807, 2.05) is 0 Å². The normalized spacial score (nSPS) is 14.6. The zero-order valence-corrected chi connectivity index (χ0v) is 12.7. The van der Waals surface area contributed by atoms with E-state index in [4.69, 9.17) is 4.74 Å². The summed E-state index contributed by atoms with van der Waals surface area (Å²) in [6.07, 6.45) is 1.58. The lowest BCUT2D eigenvalue weighted by molar-refractivity contribution is 0.0299. The van der Waals surface area contributed by atoms with Gasteiger partial charge < -0.3 is 15.0 Å². The molecule has 0 radical (unpaired) electrons. The Morgan fingerprint density at radius 3 is 2.83 bits per heavy atom. The van der Waals surface area contributed by atoms with Gasteiger partial charge in [-0.25, -0.2) is 4.39 Å². The molecule has 1 aromatic carbocycles. The summed E-state index contributed by atoms with van der Waals surface area (Å²) in [6.45, 7) is 2.61. The Morgan fingerprint density at radius 1 is 1.26 bits per heavy atom. The highest BCUT2D eigenvalue weighted by Crippen LogP contribution is 2.14. The Morgan fingerprint density at radius 2 is 2.04 bits per heavy atom. The number of hydrogen-bond acceptors (Lipinski definition) is 4. The quantitative estimate of drug-likeness (QED) is 0.941. The Hall–Kier alpha value is -2.47. The standard InChI is InChI=1S/C17H18FN3O2/c18-15-4-2-1-3-13(15)12-20-14-5-6-19-16(11-14)17(22)21-7-9-23-10-8-21/h1-6,11H,7-10,12H2,(H,19,20). The van der Waals surface area contributed by atoms with Crippen LogP contribution in [0, 0.1) is 5.82 Å². The number of carbonyl (C=O) groups is 1. The predicted molar refractivity (Wildman–Crippen MR) is 84.7 cm³/mol. The molecule has 1 aliphatic rings. The molecule has 1 fully saturated rings. The van der Waals surface area contributed by atoms with Crippen LogP contribution in [0.1, 0.15) is 16.1 Å². The minimum Gasteiger partial charge on any atom is -0.381 e. The fraction of sp³-hybridized carbons (Fsp3) is 0.294. The van der Waals surface area contributed by atoms with Gasteiger partial charge in [0.25, 0.3) is 5.91 Å². The number of hydrogen-bond donors (Lipinski definition) is 1. The van der Waals surface area contributed by atoms with Gasteiger partial charge in [0.15, 0.2) is 0 Å². The zero-order valence-electron chi connectivity index (χ0n) is 12.7. The van der Waals surface area contributed by atoms with Crippen LogP contribution in [0.25, 0.3) is 0 Å². The van der Waals surface area contributed by atoms with E-state index in [9.17, 15) is 9.18 Å². The summed E-state index contributed by atoms with van der Waals surface area (Å²) in [5.74, 6) is -0.360. The summed E-state index contributed by atoms with van der Waals surface area (Å²) in [6, 6.07) is 10.1. The van der Waals surface area contributed by atoms with Crippen LogP contribution in [0.15, 0.2) is 42.6 Å². The number of aromatic nitrogens is 1. The van der Waals surface area contributed by atoms with E-state index in [0.717, 1.165) is 5.69 Å². The lowest BCUT2D eigenvalue weighted by Crippen LogP contribution is -2.41. The smallest absolute Gasteiger partial charge is 0.272 e. The maximum absolute atomic E-state index is 13.6. The number of halogens is 1. The van der Waals surface area contributed by atoms with Crippen LogP contribution in [-0.2, 0) is 11.3 Å². The third-order valence-corrected chi connectivity index (χ3v) is 3.72. The number of rotatable bonds is 4. The number of nitrogens with zero attached hydrogens (tertiary/aromatic N) is 2. The lowest BCUT2D eigenvalue weighted by Gasteiger charge is -2.26. The monoisotopic (exact) mass is 315 g/mol. The maximum Gasteiger partial charge on any atom is 0.272 e. The molecule has 0 unspecified atom stereocenters. The van der Waals surface area contributed by atoms with Crippen molar-refractivity contribution in [3.05, 3.63) is 59.7 Å².